The van der Waals surface area contributed by atoms with Gasteiger partial charge in [-0.25, -0.2) is 0 Å². The van der Waals surface area contributed by atoms with E-state index in [0.29, 0.717) is 21.8 Å². The Morgan fingerprint density at radius 1 is 1.18 bits per heavy atom. The highest BCUT2D eigenvalue weighted by Crippen LogP contribution is 2.32. The van der Waals surface area contributed by atoms with Crippen molar-refractivity contribution in [3.63, 3.8) is 0 Å². The molecule has 0 unspecified atom stereocenters. The molecule has 33 heavy (non-hydrogen) atoms. The molecule has 0 bridgehead atoms. The van der Waals surface area contributed by atoms with Crippen molar-refractivity contribution in [2.45, 2.75) is 20.4 Å². The summed E-state index contributed by atoms with van der Waals surface area (Å²) in [5.41, 5.74) is 2.95. The van der Waals surface area contributed by atoms with Gasteiger partial charge in [-0.15, -0.1) is 0 Å². The Labute approximate surface area is 205 Å². The first-order chi connectivity index (χ1) is 15.8. The fourth-order valence-electron chi connectivity index (χ4n) is 3.75. The maximum absolute atomic E-state index is 12.8. The lowest BCUT2D eigenvalue weighted by Crippen LogP contribution is -2.35. The molecule has 0 saturated carbocycles. The van der Waals surface area contributed by atoms with Crippen molar-refractivity contribution in [1.29, 1.82) is 5.41 Å². The zero-order valence-corrected chi connectivity index (χ0v) is 20.2. The fourth-order valence-corrected chi connectivity index (χ4v) is 5.11. The molecule has 0 atom stereocenters. The molecule has 0 aliphatic carbocycles. The summed E-state index contributed by atoms with van der Waals surface area (Å²) in [6.07, 6.45) is 3.69. The third-order valence-corrected chi connectivity index (χ3v) is 7.24. The van der Waals surface area contributed by atoms with Crippen LogP contribution in [0.3, 0.4) is 0 Å². The van der Waals surface area contributed by atoms with Crippen molar-refractivity contribution < 1.29 is 4.79 Å². The highest BCUT2D eigenvalue weighted by atomic mass is 35.5. The van der Waals surface area contributed by atoms with Crippen LogP contribution in [0.5, 0.6) is 0 Å². The third-order valence-electron chi connectivity index (χ3n) is 5.44. The number of hydrogen-bond donors (Lipinski definition) is 1. The van der Waals surface area contributed by atoms with Crippen LogP contribution in [0, 0.1) is 11.3 Å². The number of para-hydroxylation sites is 1. The Balaban J connectivity index is 1.56. The van der Waals surface area contributed by atoms with Gasteiger partial charge in [0.25, 0.3) is 5.91 Å². The molecule has 0 spiro atoms. The van der Waals surface area contributed by atoms with Crippen molar-refractivity contribution in [3.8, 4) is 0 Å². The zero-order chi connectivity index (χ0) is 23.3. The van der Waals surface area contributed by atoms with Gasteiger partial charge in [0.2, 0.25) is 5.17 Å². The molecule has 1 aromatic heterocycles. The van der Waals surface area contributed by atoms with Crippen LogP contribution in [0.25, 0.3) is 17.0 Å². The highest BCUT2D eigenvalue weighted by Gasteiger charge is 2.36. The molecule has 166 valence electrons. The van der Waals surface area contributed by atoms with Crippen molar-refractivity contribution in [1.82, 2.24) is 9.58 Å². The van der Waals surface area contributed by atoms with E-state index in [0.717, 1.165) is 27.1 Å². The van der Waals surface area contributed by atoms with E-state index in [4.69, 9.17) is 28.6 Å². The largest absolute Gasteiger partial charge is 0.342 e. The molecule has 2 aliphatic rings. The Morgan fingerprint density at radius 3 is 2.73 bits per heavy atom. The summed E-state index contributed by atoms with van der Waals surface area (Å²) >= 11 is 13.8. The van der Waals surface area contributed by atoms with Gasteiger partial charge in [-0.3, -0.25) is 10.2 Å². The van der Waals surface area contributed by atoms with Gasteiger partial charge < -0.3 is 4.57 Å². The van der Waals surface area contributed by atoms with E-state index in [9.17, 15) is 4.79 Å². The second kappa shape index (κ2) is 8.48. The number of amidine groups is 2. The Bertz CT molecular complexity index is 1420. The van der Waals surface area contributed by atoms with Crippen LogP contribution in [-0.2, 0) is 11.3 Å². The van der Waals surface area contributed by atoms with Gasteiger partial charge in [0.15, 0.2) is 5.84 Å². The summed E-state index contributed by atoms with van der Waals surface area (Å²) in [5, 5.41) is 18.0. The second-order valence-corrected chi connectivity index (χ2v) is 9.91. The number of hydrazone groups is 1. The van der Waals surface area contributed by atoms with Gasteiger partial charge in [-0.1, -0.05) is 61.3 Å². The second-order valence-electron chi connectivity index (χ2n) is 8.08. The van der Waals surface area contributed by atoms with Gasteiger partial charge in [0, 0.05) is 45.2 Å². The molecule has 2 aliphatic heterocycles. The summed E-state index contributed by atoms with van der Waals surface area (Å²) in [6, 6.07) is 13.4. The van der Waals surface area contributed by atoms with E-state index in [1.54, 1.807) is 12.1 Å². The molecular weight excluding hydrogens is 477 g/mol. The monoisotopic (exact) mass is 495 g/mol. The zero-order valence-electron chi connectivity index (χ0n) is 17.8. The minimum Gasteiger partial charge on any atom is -0.342 e. The number of nitrogens with one attached hydrogen (secondary N) is 1. The molecular formula is C24H19Cl2N5OS. The Kier molecular flexibility index (Phi) is 5.64. The molecule has 1 N–H and O–H groups in total. The van der Waals surface area contributed by atoms with Gasteiger partial charge in [0.05, 0.1) is 5.57 Å². The number of hydrogen-bond acceptors (Lipinski definition) is 4. The first kappa shape index (κ1) is 21.9. The summed E-state index contributed by atoms with van der Waals surface area (Å²) in [5.74, 6) is -0.210. The minimum atomic E-state index is -0.434. The van der Waals surface area contributed by atoms with E-state index in [1.807, 2.05) is 56.4 Å². The number of halogens is 2. The maximum Gasteiger partial charge on any atom is 0.283 e. The molecule has 3 aromatic rings. The van der Waals surface area contributed by atoms with E-state index >= 15 is 0 Å². The third kappa shape index (κ3) is 4.01. The van der Waals surface area contributed by atoms with Crippen LogP contribution in [-0.4, -0.2) is 31.5 Å². The summed E-state index contributed by atoms with van der Waals surface area (Å²) in [7, 11) is 0. The molecule has 0 fully saturated rings. The number of fused-ring (bicyclic) bond motifs is 2. The fraction of sp³-hybridized carbons (Fsp3) is 0.167. The molecule has 5 rings (SSSR count). The smallest absolute Gasteiger partial charge is 0.283 e. The average Bonchev–Trinajstić information content (AvgIpc) is 3.35. The van der Waals surface area contributed by atoms with Crippen LogP contribution in [0.4, 0.5) is 0 Å². The van der Waals surface area contributed by atoms with Gasteiger partial charge in [-0.05, 0) is 41.6 Å². The molecule has 2 aromatic carbocycles. The molecule has 6 nitrogen and oxygen atoms in total. The number of nitrogens with zero attached hydrogens (tertiary/aromatic N) is 4. The number of carbonyl (C=O) groups excluding carboxylic acids is 1. The van der Waals surface area contributed by atoms with Crippen LogP contribution in [0.15, 0.2) is 64.3 Å². The predicted octanol–water partition coefficient (Wildman–Crippen LogP) is 6.27. The molecule has 0 radical (unpaired) electrons. The number of carbonyl (C=O) groups is 1. The SMILES string of the molecule is CC(C)C1=NN2C(=N)/C(=C/c3cn(Cc4ccc(Cl)cc4Cl)c4ccccc34)C(=O)N=C2S1. The van der Waals surface area contributed by atoms with E-state index in [2.05, 4.69) is 14.7 Å². The average molecular weight is 496 g/mol. The number of aromatic nitrogens is 1. The van der Waals surface area contributed by atoms with Crippen LogP contribution in [0.2, 0.25) is 10.0 Å². The molecule has 9 heteroatoms. The standard InChI is InChI=1S/C24H19Cl2N5OS/c1-13(2)23-29-31-21(27)18(22(32)28-24(31)33-23)9-15-12-30(20-6-4-3-5-17(15)20)11-14-7-8-16(25)10-19(14)26/h3-10,12-13,27H,11H2,1-2H3/b18-9-,27-21?. The number of thioether (sulfide) groups is 1. The first-order valence-electron chi connectivity index (χ1n) is 10.3. The highest BCUT2D eigenvalue weighted by molar-refractivity contribution is 8.27. The number of aliphatic imine (C=N–C) groups is 1. The van der Waals surface area contributed by atoms with Gasteiger partial charge in [-0.2, -0.15) is 15.1 Å². The first-order valence-corrected chi connectivity index (χ1v) is 11.9. The van der Waals surface area contributed by atoms with Crippen LogP contribution >= 0.6 is 35.0 Å². The van der Waals surface area contributed by atoms with Crippen molar-refractivity contribution >= 4 is 73.9 Å². The summed E-state index contributed by atoms with van der Waals surface area (Å²) in [4.78, 5) is 17.0. The van der Waals surface area contributed by atoms with Crippen LogP contribution in [0.1, 0.15) is 25.0 Å². The molecule has 3 heterocycles. The number of benzene rings is 2. The van der Waals surface area contributed by atoms with E-state index < -0.39 is 5.91 Å². The maximum atomic E-state index is 12.8. The quantitative estimate of drug-likeness (QED) is 0.433. The molecule has 1 amide bonds. The van der Waals surface area contributed by atoms with E-state index in [1.165, 1.54) is 16.8 Å². The van der Waals surface area contributed by atoms with Crippen molar-refractivity contribution in [2.24, 2.45) is 16.0 Å². The van der Waals surface area contributed by atoms with Crippen molar-refractivity contribution in [3.05, 3.63) is 75.4 Å². The van der Waals surface area contributed by atoms with Crippen LogP contribution < -0.4 is 0 Å². The van der Waals surface area contributed by atoms with Crippen molar-refractivity contribution in [2.75, 3.05) is 0 Å². The Morgan fingerprint density at radius 2 is 1.97 bits per heavy atom. The van der Waals surface area contributed by atoms with Gasteiger partial charge in [0.1, 0.15) is 5.04 Å². The number of amides is 1. The lowest BCUT2D eigenvalue weighted by molar-refractivity contribution is -0.114. The lowest BCUT2D eigenvalue weighted by Gasteiger charge is -2.20. The number of rotatable bonds is 4. The topological polar surface area (TPSA) is 73.8 Å². The lowest BCUT2D eigenvalue weighted by atomic mass is 10.1. The normalized spacial score (nSPS) is 17.2. The van der Waals surface area contributed by atoms with E-state index in [-0.39, 0.29) is 17.3 Å². The minimum absolute atomic E-state index is 0.0331. The van der Waals surface area contributed by atoms with Gasteiger partial charge >= 0.3 is 0 Å². The molecule has 0 saturated heterocycles. The predicted molar refractivity (Wildman–Crippen MR) is 137 cm³/mol. The Hall–Kier alpha value is -2.87. The summed E-state index contributed by atoms with van der Waals surface area (Å²) in [6.45, 7) is 4.59. The summed E-state index contributed by atoms with van der Waals surface area (Å²) < 4.78 is 2.07.